The Hall–Kier alpha value is -1.55. The number of hydrogen-bond acceptors (Lipinski definition) is 5. The minimum atomic E-state index is 0. The minimum Gasteiger partial charge on any atom is -0.358 e. The third-order valence-corrected chi connectivity index (χ3v) is 3.29. The number of hydrogen-bond donors (Lipinski definition) is 0. The van der Waals surface area contributed by atoms with Crippen molar-refractivity contribution in [3.05, 3.63) is 60.7 Å². The van der Waals surface area contributed by atoms with Gasteiger partial charge in [0.25, 0.3) is 0 Å². The first-order valence-corrected chi connectivity index (χ1v) is 7.13. The molecule has 2 aromatic heterocycles. The van der Waals surface area contributed by atoms with Crippen molar-refractivity contribution in [2.24, 2.45) is 0 Å². The third-order valence-electron chi connectivity index (χ3n) is 2.83. The molecule has 5 nitrogen and oxygen atoms in total. The Bertz CT molecular complexity index is 643. The summed E-state index contributed by atoms with van der Waals surface area (Å²) in [6.45, 7) is 0. The van der Waals surface area contributed by atoms with Gasteiger partial charge in [-0.05, 0) is 24.3 Å². The molecule has 0 N–H and O–H groups in total. The van der Waals surface area contributed by atoms with E-state index in [4.69, 9.17) is 0 Å². The SMILES string of the molecule is O=PCc1cccc(N2[B]N(c3ccccn3)C=C2)n1.[Ir]. The molecule has 8 heteroatoms. The summed E-state index contributed by atoms with van der Waals surface area (Å²) in [5, 5.41) is 0. The van der Waals surface area contributed by atoms with Crippen LogP contribution in [0.15, 0.2) is 55.0 Å². The molecule has 3 heterocycles. The summed E-state index contributed by atoms with van der Waals surface area (Å²) in [5.74, 6) is 1.64. The van der Waals surface area contributed by atoms with Crippen LogP contribution in [0.1, 0.15) is 5.69 Å². The van der Waals surface area contributed by atoms with Crippen LogP contribution in [0.3, 0.4) is 0 Å². The maximum absolute atomic E-state index is 10.6. The van der Waals surface area contributed by atoms with Gasteiger partial charge in [-0.15, -0.1) is 0 Å². The van der Waals surface area contributed by atoms with Crippen molar-refractivity contribution in [2.75, 3.05) is 9.62 Å². The number of rotatable bonds is 4. The van der Waals surface area contributed by atoms with Crippen molar-refractivity contribution >= 4 is 27.6 Å². The molecular formula is C13H11BIrN4OP. The Labute approximate surface area is 138 Å². The molecule has 2 aromatic rings. The minimum absolute atomic E-state index is 0. The molecule has 2 radical (unpaired) electrons. The van der Waals surface area contributed by atoms with Gasteiger partial charge >= 0.3 is 7.55 Å². The van der Waals surface area contributed by atoms with E-state index < -0.39 is 0 Å². The van der Waals surface area contributed by atoms with Crippen LogP contribution in [-0.4, -0.2) is 17.5 Å². The van der Waals surface area contributed by atoms with Crippen molar-refractivity contribution in [3.8, 4) is 0 Å². The normalized spacial score (nSPS) is 13.1. The molecule has 0 bridgehead atoms. The van der Waals surface area contributed by atoms with Crippen molar-refractivity contribution in [2.45, 2.75) is 6.16 Å². The predicted octanol–water partition coefficient (Wildman–Crippen LogP) is 2.60. The van der Waals surface area contributed by atoms with E-state index in [2.05, 4.69) is 9.97 Å². The Kier molecular flexibility index (Phi) is 5.62. The van der Waals surface area contributed by atoms with Gasteiger partial charge in [-0.1, -0.05) is 12.1 Å². The van der Waals surface area contributed by atoms with Gasteiger partial charge in [0.1, 0.15) is 11.6 Å². The molecule has 0 aliphatic carbocycles. The van der Waals surface area contributed by atoms with Gasteiger partial charge in [0.2, 0.25) is 0 Å². The molecular weight excluding hydrogens is 462 g/mol. The number of pyridine rings is 2. The van der Waals surface area contributed by atoms with Crippen molar-refractivity contribution in [3.63, 3.8) is 0 Å². The van der Waals surface area contributed by atoms with Crippen molar-refractivity contribution in [1.29, 1.82) is 0 Å². The third kappa shape index (κ3) is 3.76. The summed E-state index contributed by atoms with van der Waals surface area (Å²) >= 11 is 0. The molecule has 0 fully saturated rings. The summed E-state index contributed by atoms with van der Waals surface area (Å²) in [6.07, 6.45) is 6.01. The van der Waals surface area contributed by atoms with E-state index in [9.17, 15) is 4.57 Å². The number of nitrogens with zero attached hydrogens (tertiary/aromatic N) is 4. The van der Waals surface area contributed by atoms with Gasteiger partial charge in [0.15, 0.2) is 8.46 Å². The van der Waals surface area contributed by atoms with Crippen LogP contribution >= 0.6 is 8.46 Å². The number of anilines is 2. The average Bonchev–Trinajstić information content (AvgIpc) is 2.99. The summed E-state index contributed by atoms with van der Waals surface area (Å²) in [6, 6.07) is 11.4. The molecule has 0 atom stereocenters. The second kappa shape index (κ2) is 7.46. The molecule has 21 heavy (non-hydrogen) atoms. The molecule has 0 unspecified atom stereocenters. The van der Waals surface area contributed by atoms with Crippen LogP contribution in [0.2, 0.25) is 0 Å². The number of aromatic nitrogens is 2. The molecule has 0 amide bonds. The second-order valence-electron chi connectivity index (χ2n) is 4.19. The fourth-order valence-electron chi connectivity index (χ4n) is 1.90. The Balaban J connectivity index is 0.00000161. The van der Waals surface area contributed by atoms with E-state index in [1.807, 2.05) is 66.0 Å². The molecule has 0 saturated carbocycles. The van der Waals surface area contributed by atoms with Gasteiger partial charge in [0.05, 0.1) is 11.9 Å². The fourth-order valence-corrected chi connectivity index (χ4v) is 2.21. The van der Waals surface area contributed by atoms with Gasteiger partial charge in [-0.25, -0.2) is 9.97 Å². The standard InChI is InChI=1S/C13H11BN4OP.Ir/c19-20-10-11-4-3-6-13(16-11)18-9-8-17(14-18)12-5-1-2-7-15-12;/h1-9H,10H2;. The molecule has 3 rings (SSSR count). The van der Waals surface area contributed by atoms with E-state index in [0.717, 1.165) is 17.3 Å². The van der Waals surface area contributed by atoms with Gasteiger partial charge in [0, 0.05) is 38.7 Å². The zero-order chi connectivity index (χ0) is 13.8. The first-order chi connectivity index (χ1) is 9.86. The van der Waals surface area contributed by atoms with Crippen molar-refractivity contribution in [1.82, 2.24) is 9.97 Å². The first kappa shape index (κ1) is 15.8. The van der Waals surface area contributed by atoms with E-state index in [1.54, 1.807) is 6.20 Å². The van der Waals surface area contributed by atoms with Crippen LogP contribution in [-0.2, 0) is 30.8 Å². The van der Waals surface area contributed by atoms with Crippen LogP contribution in [0.5, 0.6) is 0 Å². The van der Waals surface area contributed by atoms with Crippen molar-refractivity contribution < 1.29 is 24.7 Å². The maximum Gasteiger partial charge on any atom is 0.402 e. The predicted molar refractivity (Wildman–Crippen MR) is 79.6 cm³/mol. The quantitative estimate of drug-likeness (QED) is 0.505. The van der Waals surface area contributed by atoms with Crippen LogP contribution in [0.4, 0.5) is 11.6 Å². The Morgan fingerprint density at radius 1 is 1.05 bits per heavy atom. The van der Waals surface area contributed by atoms with Gasteiger partial charge in [-0.2, -0.15) is 0 Å². The molecule has 0 aromatic carbocycles. The summed E-state index contributed by atoms with van der Waals surface area (Å²) in [5.41, 5.74) is 0.803. The van der Waals surface area contributed by atoms with E-state index in [1.165, 1.54) is 0 Å². The zero-order valence-corrected chi connectivity index (χ0v) is 14.2. The van der Waals surface area contributed by atoms with Crippen LogP contribution in [0, 0.1) is 0 Å². The molecule has 0 saturated heterocycles. The smallest absolute Gasteiger partial charge is 0.358 e. The molecule has 0 spiro atoms. The average molecular weight is 473 g/mol. The molecule has 106 valence electrons. The Morgan fingerprint density at radius 3 is 2.52 bits per heavy atom. The van der Waals surface area contributed by atoms with E-state index in [-0.39, 0.29) is 28.6 Å². The monoisotopic (exact) mass is 474 g/mol. The summed E-state index contributed by atoms with van der Waals surface area (Å²) < 4.78 is 10.6. The second-order valence-corrected chi connectivity index (χ2v) is 4.76. The van der Waals surface area contributed by atoms with Crippen LogP contribution < -0.4 is 9.62 Å². The fraction of sp³-hybridized carbons (Fsp3) is 0.0769. The maximum atomic E-state index is 10.6. The van der Waals surface area contributed by atoms with Gasteiger partial charge < -0.3 is 9.62 Å². The molecule has 1 aliphatic heterocycles. The van der Waals surface area contributed by atoms with Crippen LogP contribution in [0.25, 0.3) is 0 Å². The molecule has 1 aliphatic rings. The topological polar surface area (TPSA) is 49.3 Å². The van der Waals surface area contributed by atoms with E-state index >= 15 is 0 Å². The largest absolute Gasteiger partial charge is 0.402 e. The zero-order valence-electron chi connectivity index (χ0n) is 11.0. The van der Waals surface area contributed by atoms with E-state index in [0.29, 0.717) is 6.16 Å². The first-order valence-electron chi connectivity index (χ1n) is 6.13. The summed E-state index contributed by atoms with van der Waals surface area (Å²) in [4.78, 5) is 12.6. The summed E-state index contributed by atoms with van der Waals surface area (Å²) in [7, 11) is 1.99. The Morgan fingerprint density at radius 2 is 1.81 bits per heavy atom. The van der Waals surface area contributed by atoms with Gasteiger partial charge in [-0.3, -0.25) is 4.57 Å².